The molecule has 1 rings (SSSR count). The van der Waals surface area contributed by atoms with Crippen LogP contribution in [0, 0.1) is 17.0 Å². The van der Waals surface area contributed by atoms with Crippen molar-refractivity contribution in [2.75, 3.05) is 0 Å². The molecule has 1 aromatic heterocycles. The minimum absolute atomic E-state index is 0.0722. The van der Waals surface area contributed by atoms with Crippen molar-refractivity contribution in [3.05, 3.63) is 21.9 Å². The molecule has 1 heterocycles. The fraction of sp³-hybridized carbons (Fsp3) is 0.286. The Bertz CT molecular complexity index is 432. The molecule has 1 N–H and O–H groups in total. The third-order valence-corrected chi connectivity index (χ3v) is 1.57. The molecule has 0 atom stereocenters. The minimum atomic E-state index is -5.08. The van der Waals surface area contributed by atoms with Gasteiger partial charge in [0.15, 0.2) is 0 Å². The predicted octanol–water partition coefficient (Wildman–Crippen LogP) is 1.90. The first kappa shape index (κ1) is 12.0. The second-order valence-corrected chi connectivity index (χ2v) is 2.75. The zero-order valence-electron chi connectivity index (χ0n) is 7.78. The van der Waals surface area contributed by atoms with E-state index in [-0.39, 0.29) is 5.56 Å². The summed E-state index contributed by atoms with van der Waals surface area (Å²) in [5, 5.41) is 19.6. The van der Waals surface area contributed by atoms with E-state index >= 15 is 0 Å². The van der Waals surface area contributed by atoms with Crippen LogP contribution in [0.4, 0.5) is 18.9 Å². The number of aromatic hydroxyl groups is 1. The van der Waals surface area contributed by atoms with E-state index < -0.39 is 28.6 Å². The van der Waals surface area contributed by atoms with Crippen LogP contribution < -0.4 is 4.74 Å². The van der Waals surface area contributed by atoms with E-state index in [1.165, 1.54) is 6.92 Å². The van der Waals surface area contributed by atoms with Gasteiger partial charge in [-0.25, -0.2) is 4.98 Å². The van der Waals surface area contributed by atoms with E-state index in [2.05, 4.69) is 9.72 Å². The van der Waals surface area contributed by atoms with Crippen molar-refractivity contribution in [2.24, 2.45) is 0 Å². The number of pyridine rings is 1. The quantitative estimate of drug-likeness (QED) is 0.628. The van der Waals surface area contributed by atoms with Gasteiger partial charge in [-0.2, -0.15) is 0 Å². The molecule has 0 saturated carbocycles. The van der Waals surface area contributed by atoms with E-state index in [0.29, 0.717) is 0 Å². The van der Waals surface area contributed by atoms with Gasteiger partial charge in [-0.3, -0.25) is 10.1 Å². The average Bonchev–Trinajstić information content (AvgIpc) is 2.07. The highest BCUT2D eigenvalue weighted by Crippen LogP contribution is 2.38. The lowest BCUT2D eigenvalue weighted by Gasteiger charge is -2.09. The van der Waals surface area contributed by atoms with Gasteiger partial charge in [0.05, 0.1) is 4.92 Å². The number of alkyl halides is 3. The minimum Gasteiger partial charge on any atom is -0.498 e. The molecule has 0 saturated heterocycles. The first-order valence-corrected chi connectivity index (χ1v) is 3.81. The average molecular weight is 238 g/mol. The highest BCUT2D eigenvalue weighted by Gasteiger charge is 2.35. The van der Waals surface area contributed by atoms with E-state index in [9.17, 15) is 28.4 Å². The van der Waals surface area contributed by atoms with Crippen molar-refractivity contribution in [1.82, 2.24) is 4.98 Å². The Kier molecular flexibility index (Phi) is 2.88. The zero-order chi connectivity index (χ0) is 12.5. The lowest BCUT2D eigenvalue weighted by atomic mass is 10.2. The fourth-order valence-electron chi connectivity index (χ4n) is 0.981. The summed E-state index contributed by atoms with van der Waals surface area (Å²) in [5.41, 5.74) is -0.939. The molecular formula is C7H5F3N2O4. The van der Waals surface area contributed by atoms with Crippen LogP contribution in [-0.2, 0) is 0 Å². The number of halogens is 3. The number of nitrogens with zero attached hydrogens (tertiary/aromatic N) is 2. The highest BCUT2D eigenvalue weighted by atomic mass is 19.4. The molecule has 0 spiro atoms. The van der Waals surface area contributed by atoms with Crippen molar-refractivity contribution in [3.63, 3.8) is 0 Å². The van der Waals surface area contributed by atoms with Gasteiger partial charge in [-0.05, 0) is 6.92 Å². The largest absolute Gasteiger partial charge is 0.574 e. The molecule has 0 bridgehead atoms. The topological polar surface area (TPSA) is 85.5 Å². The number of aromatic nitrogens is 1. The van der Waals surface area contributed by atoms with Crippen LogP contribution in [0.15, 0.2) is 6.20 Å². The van der Waals surface area contributed by atoms with E-state index in [1.807, 2.05) is 0 Å². The van der Waals surface area contributed by atoms with Crippen molar-refractivity contribution >= 4 is 5.69 Å². The fourth-order valence-corrected chi connectivity index (χ4v) is 0.981. The van der Waals surface area contributed by atoms with Gasteiger partial charge >= 0.3 is 12.0 Å². The Labute approximate surface area is 86.4 Å². The Morgan fingerprint density at radius 3 is 2.56 bits per heavy atom. The SMILES string of the molecule is Cc1cnc(OC(F)(F)F)c(O)c1[N+](=O)[O-]. The Hall–Kier alpha value is -2.06. The summed E-state index contributed by atoms with van der Waals surface area (Å²) < 4.78 is 38.7. The summed E-state index contributed by atoms with van der Waals surface area (Å²) >= 11 is 0. The lowest BCUT2D eigenvalue weighted by molar-refractivity contribution is -0.386. The predicted molar refractivity (Wildman–Crippen MR) is 44.0 cm³/mol. The molecule has 1 aromatic rings. The molecule has 0 radical (unpaired) electrons. The van der Waals surface area contributed by atoms with Crippen molar-refractivity contribution < 1.29 is 27.9 Å². The van der Waals surface area contributed by atoms with Gasteiger partial charge in [0, 0.05) is 11.8 Å². The summed E-state index contributed by atoms with van der Waals surface area (Å²) in [5.74, 6) is -2.49. The molecule has 0 aliphatic heterocycles. The summed E-state index contributed by atoms with van der Waals surface area (Å²) in [6.45, 7) is 1.22. The number of rotatable bonds is 2. The molecule has 9 heteroatoms. The second-order valence-electron chi connectivity index (χ2n) is 2.75. The molecule has 0 aliphatic rings. The Balaban J connectivity index is 3.24. The first-order valence-electron chi connectivity index (χ1n) is 3.81. The van der Waals surface area contributed by atoms with Gasteiger partial charge in [0.2, 0.25) is 0 Å². The van der Waals surface area contributed by atoms with Crippen molar-refractivity contribution in [1.29, 1.82) is 0 Å². The van der Waals surface area contributed by atoms with E-state index in [4.69, 9.17) is 0 Å². The van der Waals surface area contributed by atoms with Crippen LogP contribution in [0.1, 0.15) is 5.56 Å². The van der Waals surface area contributed by atoms with E-state index in [0.717, 1.165) is 6.20 Å². The molecule has 0 aromatic carbocycles. The maximum Gasteiger partial charge on any atom is 0.574 e. The summed E-state index contributed by atoms with van der Waals surface area (Å²) in [7, 11) is 0. The number of ether oxygens (including phenoxy) is 1. The number of hydrogen-bond donors (Lipinski definition) is 1. The van der Waals surface area contributed by atoms with Gasteiger partial charge in [0.1, 0.15) is 0 Å². The van der Waals surface area contributed by atoms with Crippen LogP contribution in [0.25, 0.3) is 0 Å². The third-order valence-electron chi connectivity index (χ3n) is 1.57. The van der Waals surface area contributed by atoms with Crippen LogP contribution >= 0.6 is 0 Å². The molecule has 16 heavy (non-hydrogen) atoms. The Morgan fingerprint density at radius 2 is 2.12 bits per heavy atom. The maximum atomic E-state index is 11.8. The van der Waals surface area contributed by atoms with Crippen LogP contribution in [-0.4, -0.2) is 21.4 Å². The normalized spacial score (nSPS) is 11.2. The molecule has 0 amide bonds. The molecule has 0 fully saturated rings. The molecule has 0 aliphatic carbocycles. The van der Waals surface area contributed by atoms with Gasteiger partial charge < -0.3 is 9.84 Å². The van der Waals surface area contributed by atoms with Crippen LogP contribution in [0.5, 0.6) is 11.6 Å². The van der Waals surface area contributed by atoms with Crippen LogP contribution in [0.2, 0.25) is 0 Å². The number of nitro groups is 1. The van der Waals surface area contributed by atoms with Gasteiger partial charge in [0.25, 0.3) is 11.6 Å². The lowest BCUT2D eigenvalue weighted by Crippen LogP contribution is -2.18. The molecule has 6 nitrogen and oxygen atoms in total. The summed E-state index contributed by atoms with van der Waals surface area (Å²) in [4.78, 5) is 12.5. The summed E-state index contributed by atoms with van der Waals surface area (Å²) in [6, 6.07) is 0. The number of hydrogen-bond acceptors (Lipinski definition) is 5. The number of aryl methyl sites for hydroxylation is 1. The van der Waals surface area contributed by atoms with Crippen molar-refractivity contribution in [3.8, 4) is 11.6 Å². The standard InChI is InChI=1S/C7H5F3N2O4/c1-3-2-11-6(16-7(8,9)10)5(13)4(3)12(14)15/h2,13H,1H3. The van der Waals surface area contributed by atoms with Gasteiger partial charge in [-0.1, -0.05) is 0 Å². The maximum absolute atomic E-state index is 11.8. The Morgan fingerprint density at radius 1 is 1.56 bits per heavy atom. The molecule has 88 valence electrons. The van der Waals surface area contributed by atoms with Crippen LogP contribution in [0.3, 0.4) is 0 Å². The molecular weight excluding hydrogens is 233 g/mol. The third kappa shape index (κ3) is 2.49. The second kappa shape index (κ2) is 3.83. The summed E-state index contributed by atoms with van der Waals surface area (Å²) in [6.07, 6.45) is -4.27. The molecule has 0 unspecified atom stereocenters. The van der Waals surface area contributed by atoms with Crippen molar-refractivity contribution in [2.45, 2.75) is 13.3 Å². The van der Waals surface area contributed by atoms with E-state index in [1.54, 1.807) is 0 Å². The smallest absolute Gasteiger partial charge is 0.498 e. The monoisotopic (exact) mass is 238 g/mol. The zero-order valence-corrected chi connectivity index (χ0v) is 7.78. The van der Waals surface area contributed by atoms with Gasteiger partial charge in [-0.15, -0.1) is 13.2 Å². The highest BCUT2D eigenvalue weighted by molar-refractivity contribution is 5.55. The first-order chi connectivity index (χ1) is 7.22.